The first-order valence-corrected chi connectivity index (χ1v) is 4.36. The van der Waals surface area contributed by atoms with Crippen LogP contribution in [0.4, 0.5) is 0 Å². The van der Waals surface area contributed by atoms with Crippen LogP contribution in [-0.4, -0.2) is 29.6 Å². The fourth-order valence-electron chi connectivity index (χ4n) is 0.802. The number of carbonyl (C=O) groups is 2. The molecule has 76 valence electrons. The Morgan fingerprint density at radius 1 is 1.38 bits per heavy atom. The molecular formula is C9H16O4. The molecule has 1 unspecified atom stereocenters. The van der Waals surface area contributed by atoms with Gasteiger partial charge in [0.15, 0.2) is 0 Å². The van der Waals surface area contributed by atoms with Crippen molar-refractivity contribution in [1.29, 1.82) is 0 Å². The number of aliphatic hydroxyl groups excluding tert-OH is 1. The number of carbonyl (C=O) groups excluding carboxylic acids is 2. The summed E-state index contributed by atoms with van der Waals surface area (Å²) in [5, 5.41) is 8.57. The summed E-state index contributed by atoms with van der Waals surface area (Å²) in [6, 6.07) is 0. The number of rotatable bonds is 6. The maximum Gasteiger partial charge on any atom is 0.306 e. The van der Waals surface area contributed by atoms with Crippen LogP contribution < -0.4 is 0 Å². The molecule has 0 rings (SSSR count). The molecule has 0 aliphatic rings. The van der Waals surface area contributed by atoms with E-state index in [0.29, 0.717) is 12.8 Å². The van der Waals surface area contributed by atoms with Crippen LogP contribution in [0.25, 0.3) is 0 Å². The maximum absolute atomic E-state index is 10.9. The lowest BCUT2D eigenvalue weighted by Crippen LogP contribution is -2.18. The summed E-state index contributed by atoms with van der Waals surface area (Å²) in [5.41, 5.74) is 0. The van der Waals surface area contributed by atoms with Crippen LogP contribution in [0, 0.1) is 0 Å². The van der Waals surface area contributed by atoms with Gasteiger partial charge in [-0.15, -0.1) is 0 Å². The molecule has 0 radical (unpaired) electrons. The van der Waals surface area contributed by atoms with E-state index in [1.54, 1.807) is 6.92 Å². The molecule has 0 fully saturated rings. The zero-order valence-corrected chi connectivity index (χ0v) is 8.08. The first kappa shape index (κ1) is 12.1. The van der Waals surface area contributed by atoms with E-state index in [1.165, 1.54) is 6.92 Å². The normalized spacial score (nSPS) is 12.2. The van der Waals surface area contributed by atoms with Crippen LogP contribution in [0.3, 0.4) is 0 Å². The van der Waals surface area contributed by atoms with E-state index in [0.717, 1.165) is 0 Å². The van der Waals surface area contributed by atoms with Gasteiger partial charge in [0.2, 0.25) is 0 Å². The van der Waals surface area contributed by atoms with Crippen molar-refractivity contribution >= 4 is 11.8 Å². The molecule has 0 aromatic rings. The average Bonchev–Trinajstić information content (AvgIpc) is 2.03. The van der Waals surface area contributed by atoms with Crippen LogP contribution >= 0.6 is 0 Å². The van der Waals surface area contributed by atoms with Gasteiger partial charge >= 0.3 is 5.97 Å². The minimum atomic E-state index is -0.454. The Kier molecular flexibility index (Phi) is 6.14. The Hall–Kier alpha value is -0.900. The summed E-state index contributed by atoms with van der Waals surface area (Å²) < 4.78 is 4.78. The van der Waals surface area contributed by atoms with Gasteiger partial charge in [-0.3, -0.25) is 4.79 Å². The molecule has 1 atom stereocenters. The summed E-state index contributed by atoms with van der Waals surface area (Å²) in [6.45, 7) is 2.93. The van der Waals surface area contributed by atoms with Gasteiger partial charge in [-0.2, -0.15) is 0 Å². The quantitative estimate of drug-likeness (QED) is 0.622. The third kappa shape index (κ3) is 7.46. The highest BCUT2D eigenvalue weighted by molar-refractivity contribution is 5.76. The first-order valence-electron chi connectivity index (χ1n) is 4.36. The molecule has 0 heterocycles. The highest BCUT2D eigenvalue weighted by Crippen LogP contribution is 2.00. The van der Waals surface area contributed by atoms with E-state index in [4.69, 9.17) is 9.84 Å². The van der Waals surface area contributed by atoms with Gasteiger partial charge in [0.05, 0.1) is 6.61 Å². The average molecular weight is 188 g/mol. The number of ether oxygens (including phenoxy) is 1. The zero-order valence-electron chi connectivity index (χ0n) is 8.08. The van der Waals surface area contributed by atoms with Gasteiger partial charge in [-0.05, 0) is 20.3 Å². The molecule has 0 spiro atoms. The van der Waals surface area contributed by atoms with Gasteiger partial charge in [0.25, 0.3) is 0 Å². The summed E-state index contributed by atoms with van der Waals surface area (Å²) >= 11 is 0. The number of Topliss-reactive ketones (excluding diaryl/α,β-unsaturated/α-hetero) is 1. The second-order valence-corrected chi connectivity index (χ2v) is 3.04. The summed E-state index contributed by atoms with van der Waals surface area (Å²) in [4.78, 5) is 21.5. The molecule has 0 saturated heterocycles. The third-order valence-electron chi connectivity index (χ3n) is 1.50. The molecule has 0 bridgehead atoms. The minimum absolute atomic E-state index is 0.0722. The van der Waals surface area contributed by atoms with Crippen LogP contribution in [0.1, 0.15) is 33.1 Å². The Labute approximate surface area is 77.9 Å². The lowest BCUT2D eigenvalue weighted by atomic mass is 10.2. The first-order chi connectivity index (χ1) is 6.06. The van der Waals surface area contributed by atoms with Crippen LogP contribution in [0.2, 0.25) is 0 Å². The molecule has 0 aliphatic heterocycles. The molecule has 1 N–H and O–H groups in total. The standard InChI is InChI=1S/C9H16O4/c1-7(11)4-3-5-9(12)13-8(2)6-10/h8,10H,3-6H2,1-2H3. The topological polar surface area (TPSA) is 63.6 Å². The van der Waals surface area contributed by atoms with E-state index >= 15 is 0 Å². The second kappa shape index (κ2) is 6.60. The zero-order chi connectivity index (χ0) is 10.3. The predicted octanol–water partition coefficient (Wildman–Crippen LogP) is 0.670. The van der Waals surface area contributed by atoms with E-state index < -0.39 is 6.10 Å². The van der Waals surface area contributed by atoms with Crippen molar-refractivity contribution in [2.45, 2.75) is 39.2 Å². The van der Waals surface area contributed by atoms with E-state index in [-0.39, 0.29) is 24.8 Å². The summed E-state index contributed by atoms with van der Waals surface area (Å²) in [7, 11) is 0. The van der Waals surface area contributed by atoms with Crippen molar-refractivity contribution in [2.75, 3.05) is 6.61 Å². The summed E-state index contributed by atoms with van der Waals surface area (Å²) in [5.74, 6) is -0.286. The third-order valence-corrected chi connectivity index (χ3v) is 1.50. The van der Waals surface area contributed by atoms with Crippen molar-refractivity contribution in [2.24, 2.45) is 0 Å². The molecule has 0 aromatic carbocycles. The van der Waals surface area contributed by atoms with E-state index in [2.05, 4.69) is 0 Å². The maximum atomic E-state index is 10.9. The Morgan fingerprint density at radius 3 is 2.46 bits per heavy atom. The van der Waals surface area contributed by atoms with Crippen LogP contribution in [0.5, 0.6) is 0 Å². The molecule has 0 amide bonds. The van der Waals surface area contributed by atoms with E-state index in [1.807, 2.05) is 0 Å². The molecular weight excluding hydrogens is 172 g/mol. The van der Waals surface area contributed by atoms with Gasteiger partial charge < -0.3 is 14.6 Å². The van der Waals surface area contributed by atoms with Crippen molar-refractivity contribution in [1.82, 2.24) is 0 Å². The minimum Gasteiger partial charge on any atom is -0.460 e. The van der Waals surface area contributed by atoms with Gasteiger partial charge in [-0.25, -0.2) is 0 Å². The van der Waals surface area contributed by atoms with Crippen molar-refractivity contribution < 1.29 is 19.4 Å². The number of hydrogen-bond donors (Lipinski definition) is 1. The Bertz CT molecular complexity index is 176. The number of ketones is 1. The van der Waals surface area contributed by atoms with Gasteiger partial charge in [0, 0.05) is 12.8 Å². The van der Waals surface area contributed by atoms with Crippen molar-refractivity contribution in [3.63, 3.8) is 0 Å². The molecule has 4 heteroatoms. The van der Waals surface area contributed by atoms with E-state index in [9.17, 15) is 9.59 Å². The highest BCUT2D eigenvalue weighted by atomic mass is 16.5. The highest BCUT2D eigenvalue weighted by Gasteiger charge is 2.07. The Morgan fingerprint density at radius 2 is 2.00 bits per heavy atom. The van der Waals surface area contributed by atoms with Crippen LogP contribution in [0.15, 0.2) is 0 Å². The molecule has 0 aromatic heterocycles. The summed E-state index contributed by atoms with van der Waals surface area (Å²) in [6.07, 6.45) is 0.712. The van der Waals surface area contributed by atoms with Crippen molar-refractivity contribution in [3.8, 4) is 0 Å². The predicted molar refractivity (Wildman–Crippen MR) is 47.2 cm³/mol. The number of hydrogen-bond acceptors (Lipinski definition) is 4. The fourth-order valence-corrected chi connectivity index (χ4v) is 0.802. The van der Waals surface area contributed by atoms with Crippen molar-refractivity contribution in [3.05, 3.63) is 0 Å². The van der Waals surface area contributed by atoms with Gasteiger partial charge in [0.1, 0.15) is 11.9 Å². The SMILES string of the molecule is CC(=O)CCCC(=O)OC(C)CO. The lowest BCUT2D eigenvalue weighted by Gasteiger charge is -2.09. The molecule has 13 heavy (non-hydrogen) atoms. The lowest BCUT2D eigenvalue weighted by molar-refractivity contribution is -0.150. The smallest absolute Gasteiger partial charge is 0.306 e. The molecule has 0 aliphatic carbocycles. The van der Waals surface area contributed by atoms with Gasteiger partial charge in [-0.1, -0.05) is 0 Å². The van der Waals surface area contributed by atoms with Crippen LogP contribution in [-0.2, 0) is 14.3 Å². The second-order valence-electron chi connectivity index (χ2n) is 3.04. The monoisotopic (exact) mass is 188 g/mol. The Balaban J connectivity index is 3.46. The largest absolute Gasteiger partial charge is 0.460 e. The molecule has 4 nitrogen and oxygen atoms in total. The molecule has 0 saturated carbocycles. The number of esters is 1. The fraction of sp³-hybridized carbons (Fsp3) is 0.778. The number of aliphatic hydroxyl groups is 1.